The molecule has 38 heavy (non-hydrogen) atoms. The predicted octanol–water partition coefficient (Wildman–Crippen LogP) is 5.74. The van der Waals surface area contributed by atoms with E-state index in [4.69, 9.17) is 27.9 Å². The molecule has 1 fully saturated rings. The molecule has 0 radical (unpaired) electrons. The summed E-state index contributed by atoms with van der Waals surface area (Å²) in [6.07, 6.45) is 1.55. The van der Waals surface area contributed by atoms with E-state index >= 15 is 0 Å². The SMILES string of the molecule is O=C(N[C@@H](Cc1ccc(OC2CCN(Cc3ccc(F)cc3F)CC2)cc1)C(=O)O)c1c(Cl)cccc1Cl. The number of carbonyl (C=O) groups is 2. The molecule has 1 amide bonds. The number of amides is 1. The van der Waals surface area contributed by atoms with E-state index in [1.807, 2.05) is 0 Å². The quantitative estimate of drug-likeness (QED) is 0.347. The van der Waals surface area contributed by atoms with E-state index < -0.39 is 29.6 Å². The maximum absolute atomic E-state index is 13.9. The number of benzene rings is 3. The Morgan fingerprint density at radius 2 is 1.68 bits per heavy atom. The molecule has 2 N–H and O–H groups in total. The van der Waals surface area contributed by atoms with Gasteiger partial charge in [-0.15, -0.1) is 0 Å². The zero-order chi connectivity index (χ0) is 27.2. The van der Waals surface area contributed by atoms with Gasteiger partial charge in [0.2, 0.25) is 0 Å². The van der Waals surface area contributed by atoms with E-state index in [0.717, 1.165) is 32.0 Å². The minimum atomic E-state index is -1.19. The number of carboxylic acids is 1. The van der Waals surface area contributed by atoms with Crippen LogP contribution in [-0.4, -0.2) is 47.1 Å². The first kappa shape index (κ1) is 27.8. The van der Waals surface area contributed by atoms with Crippen LogP contribution < -0.4 is 10.1 Å². The fourth-order valence-electron chi connectivity index (χ4n) is 4.35. The van der Waals surface area contributed by atoms with Gasteiger partial charge in [-0.05, 0) is 48.7 Å². The molecular formula is C28H26Cl2F2N2O4. The maximum Gasteiger partial charge on any atom is 0.326 e. The van der Waals surface area contributed by atoms with Crippen molar-refractivity contribution in [2.75, 3.05) is 13.1 Å². The zero-order valence-corrected chi connectivity index (χ0v) is 21.8. The smallest absolute Gasteiger partial charge is 0.326 e. The van der Waals surface area contributed by atoms with Crippen molar-refractivity contribution >= 4 is 35.1 Å². The molecule has 0 aromatic heterocycles. The molecule has 3 aromatic rings. The summed E-state index contributed by atoms with van der Waals surface area (Å²) in [6.45, 7) is 1.85. The van der Waals surface area contributed by atoms with Gasteiger partial charge in [-0.25, -0.2) is 13.6 Å². The van der Waals surface area contributed by atoms with Gasteiger partial charge in [-0.3, -0.25) is 9.69 Å². The third-order valence-electron chi connectivity index (χ3n) is 6.40. The van der Waals surface area contributed by atoms with Gasteiger partial charge in [0, 0.05) is 37.7 Å². The van der Waals surface area contributed by atoms with E-state index in [2.05, 4.69) is 10.2 Å². The summed E-state index contributed by atoms with van der Waals surface area (Å²) >= 11 is 12.1. The summed E-state index contributed by atoms with van der Waals surface area (Å²) in [5.74, 6) is -2.33. The molecular weight excluding hydrogens is 537 g/mol. The molecule has 4 rings (SSSR count). The third kappa shape index (κ3) is 7.22. The van der Waals surface area contributed by atoms with Crippen LogP contribution in [0.4, 0.5) is 8.78 Å². The fourth-order valence-corrected chi connectivity index (χ4v) is 4.92. The highest BCUT2D eigenvalue weighted by Crippen LogP contribution is 2.25. The van der Waals surface area contributed by atoms with E-state index in [1.54, 1.807) is 30.3 Å². The molecule has 1 aliphatic rings. The van der Waals surface area contributed by atoms with Crippen LogP contribution in [0.5, 0.6) is 5.75 Å². The Labute approximate surface area is 229 Å². The van der Waals surface area contributed by atoms with Crippen LogP contribution in [0, 0.1) is 11.6 Å². The first-order valence-corrected chi connectivity index (χ1v) is 12.8. The number of likely N-dealkylation sites (tertiary alicyclic amines) is 1. The Morgan fingerprint density at radius 1 is 1.03 bits per heavy atom. The average molecular weight is 563 g/mol. The molecule has 1 saturated heterocycles. The molecule has 10 heteroatoms. The van der Waals surface area contributed by atoms with E-state index in [0.29, 0.717) is 23.4 Å². The van der Waals surface area contributed by atoms with Crippen LogP contribution >= 0.6 is 23.2 Å². The lowest BCUT2D eigenvalue weighted by Crippen LogP contribution is -2.42. The van der Waals surface area contributed by atoms with Crippen molar-refractivity contribution in [1.82, 2.24) is 10.2 Å². The van der Waals surface area contributed by atoms with Gasteiger partial charge in [0.15, 0.2) is 0 Å². The molecule has 1 atom stereocenters. The number of hydrogen-bond acceptors (Lipinski definition) is 4. The van der Waals surface area contributed by atoms with Crippen molar-refractivity contribution in [3.8, 4) is 5.75 Å². The largest absolute Gasteiger partial charge is 0.490 e. The lowest BCUT2D eigenvalue weighted by atomic mass is 10.0. The number of rotatable bonds is 9. The Kier molecular flexibility index (Phi) is 9.20. The highest BCUT2D eigenvalue weighted by molar-refractivity contribution is 6.39. The molecule has 0 unspecified atom stereocenters. The van der Waals surface area contributed by atoms with Gasteiger partial charge in [0.25, 0.3) is 5.91 Å². The van der Waals surface area contributed by atoms with Gasteiger partial charge < -0.3 is 15.2 Å². The second-order valence-electron chi connectivity index (χ2n) is 9.14. The first-order valence-electron chi connectivity index (χ1n) is 12.1. The standard InChI is InChI=1S/C28H26Cl2F2N2O4/c29-22-2-1-3-23(30)26(22)27(35)33-25(28(36)37)14-17-4-8-20(9-5-17)38-21-10-12-34(13-11-21)16-18-6-7-19(31)15-24(18)32/h1-9,15,21,25H,10-14,16H2,(H,33,35)(H,36,37)/t25-/m0/s1. The highest BCUT2D eigenvalue weighted by Gasteiger charge is 2.24. The summed E-state index contributed by atoms with van der Waals surface area (Å²) in [6, 6.07) is 14.1. The van der Waals surface area contributed by atoms with Crippen LogP contribution in [0.25, 0.3) is 0 Å². The van der Waals surface area contributed by atoms with Gasteiger partial charge in [-0.2, -0.15) is 0 Å². The molecule has 1 heterocycles. The molecule has 3 aromatic carbocycles. The van der Waals surface area contributed by atoms with Crippen LogP contribution in [0.2, 0.25) is 10.0 Å². The summed E-state index contributed by atoms with van der Waals surface area (Å²) in [5.41, 5.74) is 1.19. The van der Waals surface area contributed by atoms with Crippen LogP contribution in [0.3, 0.4) is 0 Å². The topological polar surface area (TPSA) is 78.9 Å². The molecule has 0 bridgehead atoms. The second-order valence-corrected chi connectivity index (χ2v) is 9.95. The van der Waals surface area contributed by atoms with E-state index in [1.165, 1.54) is 24.3 Å². The Hall–Kier alpha value is -3.20. The van der Waals surface area contributed by atoms with Crippen molar-refractivity contribution in [3.05, 3.63) is 99.0 Å². The van der Waals surface area contributed by atoms with Crippen LogP contribution in [0.15, 0.2) is 60.7 Å². The molecule has 200 valence electrons. The highest BCUT2D eigenvalue weighted by atomic mass is 35.5. The molecule has 6 nitrogen and oxygen atoms in total. The number of nitrogens with one attached hydrogen (secondary N) is 1. The van der Waals surface area contributed by atoms with Crippen molar-refractivity contribution < 1.29 is 28.2 Å². The molecule has 0 saturated carbocycles. The average Bonchev–Trinajstić information content (AvgIpc) is 2.87. The molecule has 1 aliphatic heterocycles. The summed E-state index contributed by atoms with van der Waals surface area (Å²) in [4.78, 5) is 26.5. The number of hydrogen-bond donors (Lipinski definition) is 2. The normalized spacial score (nSPS) is 15.2. The number of halogens is 4. The van der Waals surface area contributed by atoms with Gasteiger partial charge >= 0.3 is 5.97 Å². The second kappa shape index (κ2) is 12.6. The number of piperidine rings is 1. The number of aliphatic carboxylic acids is 1. The Bertz CT molecular complexity index is 1280. The monoisotopic (exact) mass is 562 g/mol. The van der Waals surface area contributed by atoms with E-state index in [9.17, 15) is 23.5 Å². The van der Waals surface area contributed by atoms with Crippen molar-refractivity contribution in [3.63, 3.8) is 0 Å². The maximum atomic E-state index is 13.9. The van der Waals surface area contributed by atoms with Gasteiger partial charge in [-0.1, -0.05) is 47.5 Å². The Morgan fingerprint density at radius 3 is 2.29 bits per heavy atom. The van der Waals surface area contributed by atoms with Gasteiger partial charge in [0.1, 0.15) is 29.5 Å². The number of carbonyl (C=O) groups excluding carboxylic acids is 1. The number of carboxylic acid groups (broad SMARTS) is 1. The van der Waals surface area contributed by atoms with E-state index in [-0.39, 0.29) is 28.1 Å². The van der Waals surface area contributed by atoms with Crippen molar-refractivity contribution in [2.45, 2.75) is 38.0 Å². The van der Waals surface area contributed by atoms with Crippen LogP contribution in [-0.2, 0) is 17.8 Å². The summed E-state index contributed by atoms with van der Waals surface area (Å²) < 4.78 is 33.2. The summed E-state index contributed by atoms with van der Waals surface area (Å²) in [5, 5.41) is 12.4. The number of nitrogens with zero attached hydrogens (tertiary/aromatic N) is 1. The lowest BCUT2D eigenvalue weighted by Gasteiger charge is -2.32. The minimum absolute atomic E-state index is 0.0124. The third-order valence-corrected chi connectivity index (χ3v) is 7.03. The predicted molar refractivity (Wildman–Crippen MR) is 141 cm³/mol. The fraction of sp³-hybridized carbons (Fsp3) is 0.286. The summed E-state index contributed by atoms with van der Waals surface area (Å²) in [7, 11) is 0. The van der Waals surface area contributed by atoms with Gasteiger partial charge in [0.05, 0.1) is 15.6 Å². The van der Waals surface area contributed by atoms with Crippen molar-refractivity contribution in [1.29, 1.82) is 0 Å². The minimum Gasteiger partial charge on any atom is -0.490 e. The molecule has 0 spiro atoms. The van der Waals surface area contributed by atoms with Crippen molar-refractivity contribution in [2.24, 2.45) is 0 Å². The lowest BCUT2D eigenvalue weighted by molar-refractivity contribution is -0.139. The zero-order valence-electron chi connectivity index (χ0n) is 20.3. The first-order chi connectivity index (χ1) is 18.2. The Balaban J connectivity index is 1.29. The van der Waals surface area contributed by atoms with Crippen LogP contribution in [0.1, 0.15) is 34.3 Å². The number of ether oxygens (including phenoxy) is 1. The molecule has 0 aliphatic carbocycles.